The summed E-state index contributed by atoms with van der Waals surface area (Å²) in [5.41, 5.74) is 9.79. The topological polar surface area (TPSA) is 84.7 Å². The first-order valence-electron chi connectivity index (χ1n) is 5.51. The molecule has 0 saturated heterocycles. The number of nitrogens with two attached hydrogens (primary N) is 1. The van der Waals surface area contributed by atoms with Crippen molar-refractivity contribution in [3.8, 4) is 0 Å². The quantitative estimate of drug-likeness (QED) is 0.559. The molecule has 0 fully saturated rings. The van der Waals surface area contributed by atoms with Crippen molar-refractivity contribution >= 4 is 39.0 Å². The van der Waals surface area contributed by atoms with E-state index in [1.54, 1.807) is 23.8 Å². The summed E-state index contributed by atoms with van der Waals surface area (Å²) in [7, 11) is 0. The molecule has 0 atom stereocenters. The van der Waals surface area contributed by atoms with E-state index in [1.165, 1.54) is 17.8 Å². The van der Waals surface area contributed by atoms with Crippen molar-refractivity contribution in [1.29, 1.82) is 0 Å². The van der Waals surface area contributed by atoms with Crippen molar-refractivity contribution in [3.05, 3.63) is 39.8 Å². The van der Waals surface area contributed by atoms with Gasteiger partial charge in [-0.2, -0.15) is 0 Å². The van der Waals surface area contributed by atoms with Crippen LogP contribution in [0.1, 0.15) is 5.69 Å². The lowest BCUT2D eigenvalue weighted by molar-refractivity contribution is 0.905. The fraction of sp³-hybridized carbons (Fsp3) is 0.0833. The first kappa shape index (κ1) is 12.2. The number of benzene rings is 1. The predicted molar refractivity (Wildman–Crippen MR) is 77.8 cm³/mol. The van der Waals surface area contributed by atoms with Gasteiger partial charge in [-0.3, -0.25) is 4.79 Å². The SMILES string of the molecule is Cc1cc(=O)[nH]c(Sc2ccc3scnc3c2N)n1. The molecule has 0 saturated carbocycles. The number of aromatic nitrogens is 3. The molecule has 0 aliphatic carbocycles. The molecule has 3 aromatic rings. The second-order valence-electron chi connectivity index (χ2n) is 3.97. The highest BCUT2D eigenvalue weighted by atomic mass is 32.2. The summed E-state index contributed by atoms with van der Waals surface area (Å²) < 4.78 is 1.05. The highest BCUT2D eigenvalue weighted by Crippen LogP contribution is 2.35. The van der Waals surface area contributed by atoms with E-state index in [1.807, 2.05) is 12.1 Å². The minimum absolute atomic E-state index is 0.164. The van der Waals surface area contributed by atoms with E-state index in [4.69, 9.17) is 5.73 Å². The largest absolute Gasteiger partial charge is 0.396 e. The van der Waals surface area contributed by atoms with Crippen LogP contribution in [0.15, 0.2) is 38.6 Å². The van der Waals surface area contributed by atoms with Crippen LogP contribution in [0.25, 0.3) is 10.2 Å². The Kier molecular flexibility index (Phi) is 3.00. The third-order valence-electron chi connectivity index (χ3n) is 2.56. The maximum atomic E-state index is 11.4. The second-order valence-corrected chi connectivity index (χ2v) is 5.89. The second kappa shape index (κ2) is 4.67. The lowest BCUT2D eigenvalue weighted by Gasteiger charge is -2.05. The number of aryl methyl sites for hydroxylation is 1. The van der Waals surface area contributed by atoms with Crippen molar-refractivity contribution in [2.24, 2.45) is 0 Å². The van der Waals surface area contributed by atoms with Crippen molar-refractivity contribution in [1.82, 2.24) is 15.0 Å². The standard InChI is InChI=1S/C12H10N4OS2/c1-6-4-9(17)16-12(15-6)19-7-2-3-8-11(10(7)13)14-5-18-8/h2-5H,13H2,1H3,(H,15,16,17). The average Bonchev–Trinajstić information content (AvgIpc) is 2.80. The molecular weight excluding hydrogens is 280 g/mol. The summed E-state index contributed by atoms with van der Waals surface area (Å²) in [5.74, 6) is 0. The van der Waals surface area contributed by atoms with Crippen LogP contribution in [-0.2, 0) is 0 Å². The number of anilines is 1. The number of thiazole rings is 1. The molecule has 0 aliphatic heterocycles. The van der Waals surface area contributed by atoms with Gasteiger partial charge in [-0.15, -0.1) is 11.3 Å². The Morgan fingerprint density at radius 3 is 3.05 bits per heavy atom. The molecule has 0 amide bonds. The summed E-state index contributed by atoms with van der Waals surface area (Å²) in [4.78, 5) is 23.5. The molecule has 3 N–H and O–H groups in total. The molecule has 7 heteroatoms. The van der Waals surface area contributed by atoms with Crippen LogP contribution in [0.5, 0.6) is 0 Å². The number of nitrogens with zero attached hydrogens (tertiary/aromatic N) is 2. The Hall–Kier alpha value is -1.86. The molecule has 3 rings (SSSR count). The van der Waals surface area contributed by atoms with Crippen LogP contribution in [0, 0.1) is 6.92 Å². The van der Waals surface area contributed by atoms with Gasteiger partial charge in [0.15, 0.2) is 5.16 Å². The first-order valence-corrected chi connectivity index (χ1v) is 7.20. The van der Waals surface area contributed by atoms with Crippen LogP contribution >= 0.6 is 23.1 Å². The molecule has 5 nitrogen and oxygen atoms in total. The fourth-order valence-corrected chi connectivity index (χ4v) is 3.31. The summed E-state index contributed by atoms with van der Waals surface area (Å²) in [6, 6.07) is 5.35. The number of rotatable bonds is 2. The molecule has 96 valence electrons. The van der Waals surface area contributed by atoms with E-state index < -0.39 is 0 Å². The van der Waals surface area contributed by atoms with Crippen LogP contribution in [0.4, 0.5) is 5.69 Å². The average molecular weight is 290 g/mol. The van der Waals surface area contributed by atoms with Crippen LogP contribution in [-0.4, -0.2) is 15.0 Å². The van der Waals surface area contributed by atoms with E-state index in [0.717, 1.165) is 15.1 Å². The molecule has 1 aromatic carbocycles. The number of H-pyrrole nitrogens is 1. The number of nitrogen functional groups attached to an aromatic ring is 1. The van der Waals surface area contributed by atoms with Gasteiger partial charge in [0.2, 0.25) is 0 Å². The Balaban J connectivity index is 2.05. The van der Waals surface area contributed by atoms with Gasteiger partial charge in [0.25, 0.3) is 5.56 Å². The molecular formula is C12H10N4OS2. The summed E-state index contributed by atoms with van der Waals surface area (Å²) in [5, 5.41) is 0.534. The highest BCUT2D eigenvalue weighted by Gasteiger charge is 2.09. The summed E-state index contributed by atoms with van der Waals surface area (Å²) >= 11 is 2.88. The fourth-order valence-electron chi connectivity index (χ4n) is 1.73. The number of hydrogen-bond donors (Lipinski definition) is 2. The van der Waals surface area contributed by atoms with Gasteiger partial charge in [0.05, 0.1) is 15.9 Å². The minimum Gasteiger partial charge on any atom is -0.396 e. The molecule has 2 heterocycles. The Labute approximate surface area is 116 Å². The third-order valence-corrected chi connectivity index (χ3v) is 4.31. The van der Waals surface area contributed by atoms with E-state index in [2.05, 4.69) is 15.0 Å². The molecule has 0 radical (unpaired) electrons. The van der Waals surface area contributed by atoms with Gasteiger partial charge >= 0.3 is 0 Å². The van der Waals surface area contributed by atoms with Crippen molar-refractivity contribution in [2.75, 3.05) is 5.73 Å². The Morgan fingerprint density at radius 2 is 2.26 bits per heavy atom. The lowest BCUT2D eigenvalue weighted by atomic mass is 10.3. The zero-order chi connectivity index (χ0) is 13.4. The Morgan fingerprint density at radius 1 is 1.42 bits per heavy atom. The minimum atomic E-state index is -0.164. The normalized spacial score (nSPS) is 11.0. The highest BCUT2D eigenvalue weighted by molar-refractivity contribution is 7.99. The molecule has 0 aliphatic rings. The zero-order valence-corrected chi connectivity index (χ0v) is 11.6. The smallest absolute Gasteiger partial charge is 0.251 e. The predicted octanol–water partition coefficient (Wildman–Crippen LogP) is 2.42. The van der Waals surface area contributed by atoms with Gasteiger partial charge in [-0.25, -0.2) is 9.97 Å². The molecule has 0 unspecified atom stereocenters. The summed E-state index contributed by atoms with van der Waals surface area (Å²) in [6.07, 6.45) is 0. The molecule has 2 aromatic heterocycles. The maximum absolute atomic E-state index is 11.4. The van der Waals surface area contributed by atoms with Gasteiger partial charge in [-0.05, 0) is 30.8 Å². The zero-order valence-electron chi connectivity index (χ0n) is 10.0. The van der Waals surface area contributed by atoms with Crippen molar-refractivity contribution in [3.63, 3.8) is 0 Å². The molecule has 19 heavy (non-hydrogen) atoms. The van der Waals surface area contributed by atoms with E-state index in [0.29, 0.717) is 16.5 Å². The Bertz CT molecular complexity index is 809. The number of aromatic amines is 1. The number of fused-ring (bicyclic) bond motifs is 1. The summed E-state index contributed by atoms with van der Waals surface area (Å²) in [6.45, 7) is 1.78. The van der Waals surface area contributed by atoms with Gasteiger partial charge in [0.1, 0.15) is 5.52 Å². The van der Waals surface area contributed by atoms with E-state index in [9.17, 15) is 4.79 Å². The molecule has 0 bridgehead atoms. The van der Waals surface area contributed by atoms with Gasteiger partial charge in [0, 0.05) is 16.7 Å². The van der Waals surface area contributed by atoms with Crippen LogP contribution in [0.2, 0.25) is 0 Å². The third kappa shape index (κ3) is 2.34. The van der Waals surface area contributed by atoms with Crippen LogP contribution in [0.3, 0.4) is 0 Å². The molecule has 0 spiro atoms. The monoisotopic (exact) mass is 290 g/mol. The van der Waals surface area contributed by atoms with Gasteiger partial charge < -0.3 is 10.7 Å². The van der Waals surface area contributed by atoms with Crippen molar-refractivity contribution < 1.29 is 0 Å². The van der Waals surface area contributed by atoms with Gasteiger partial charge in [-0.1, -0.05) is 0 Å². The van der Waals surface area contributed by atoms with E-state index in [-0.39, 0.29) is 5.56 Å². The number of hydrogen-bond acceptors (Lipinski definition) is 6. The lowest BCUT2D eigenvalue weighted by Crippen LogP contribution is -2.08. The first-order chi connectivity index (χ1) is 9.13. The number of nitrogens with one attached hydrogen (secondary N) is 1. The van der Waals surface area contributed by atoms with Crippen LogP contribution < -0.4 is 11.3 Å². The van der Waals surface area contributed by atoms with Crippen molar-refractivity contribution in [2.45, 2.75) is 17.0 Å². The van der Waals surface area contributed by atoms with E-state index >= 15 is 0 Å². The maximum Gasteiger partial charge on any atom is 0.251 e.